The van der Waals surface area contributed by atoms with Gasteiger partial charge in [-0.05, 0) is 12.8 Å². The van der Waals surface area contributed by atoms with Gasteiger partial charge in [-0.2, -0.15) is 0 Å². The van der Waals surface area contributed by atoms with E-state index in [1.165, 1.54) is 0 Å². The average molecular weight is 184 g/mol. The average Bonchev–Trinajstić information content (AvgIpc) is 2.86. The van der Waals surface area contributed by atoms with Crippen molar-refractivity contribution in [2.75, 3.05) is 26.4 Å². The van der Waals surface area contributed by atoms with Gasteiger partial charge in [-0.3, -0.25) is 0 Å². The molecule has 0 radical (unpaired) electrons. The maximum Gasteiger partial charge on any atom is 0.0965 e. The molecule has 0 aromatic heterocycles. The van der Waals surface area contributed by atoms with E-state index in [9.17, 15) is 0 Å². The van der Waals surface area contributed by atoms with Crippen molar-refractivity contribution in [3.8, 4) is 0 Å². The van der Waals surface area contributed by atoms with Gasteiger partial charge in [0.2, 0.25) is 0 Å². The zero-order valence-electron chi connectivity index (χ0n) is 7.88. The van der Waals surface area contributed by atoms with Crippen LogP contribution in [0.4, 0.5) is 0 Å². The molecule has 1 unspecified atom stereocenters. The number of rotatable bonds is 0. The Morgan fingerprint density at radius 3 is 2.15 bits per heavy atom. The zero-order chi connectivity index (χ0) is 8.78. The summed E-state index contributed by atoms with van der Waals surface area (Å²) in [6.07, 6.45) is 4.30. The minimum Gasteiger partial charge on any atom is -0.381 e. The normalized spacial score (nSPS) is 42.5. The first-order chi connectivity index (χ1) is 6.33. The predicted molar refractivity (Wildman–Crippen MR) is 46.7 cm³/mol. The fourth-order valence-corrected chi connectivity index (χ4v) is 2.59. The van der Waals surface area contributed by atoms with Crippen molar-refractivity contribution < 1.29 is 14.2 Å². The second-order valence-corrected chi connectivity index (χ2v) is 4.54. The van der Waals surface area contributed by atoms with Crippen LogP contribution < -0.4 is 0 Å². The van der Waals surface area contributed by atoms with E-state index in [2.05, 4.69) is 0 Å². The molecular formula is C10H16O3. The number of hydrogen-bond acceptors (Lipinski definition) is 3. The van der Waals surface area contributed by atoms with E-state index in [4.69, 9.17) is 14.2 Å². The Labute approximate surface area is 78.3 Å². The molecule has 3 heteroatoms. The maximum atomic E-state index is 5.92. The lowest BCUT2D eigenvalue weighted by atomic mass is 9.81. The molecule has 3 saturated heterocycles. The first-order valence-electron chi connectivity index (χ1n) is 5.18. The van der Waals surface area contributed by atoms with Crippen LogP contribution in [-0.2, 0) is 14.2 Å². The summed E-state index contributed by atoms with van der Waals surface area (Å²) in [5.74, 6) is 0. The highest BCUT2D eigenvalue weighted by Crippen LogP contribution is 2.47. The van der Waals surface area contributed by atoms with Gasteiger partial charge >= 0.3 is 0 Å². The fourth-order valence-electron chi connectivity index (χ4n) is 2.59. The highest BCUT2D eigenvalue weighted by atomic mass is 16.6. The Balaban J connectivity index is 1.74. The Morgan fingerprint density at radius 1 is 0.769 bits per heavy atom. The minimum atomic E-state index is 0.104. The van der Waals surface area contributed by atoms with Gasteiger partial charge in [0.15, 0.2) is 0 Å². The van der Waals surface area contributed by atoms with Crippen molar-refractivity contribution in [2.24, 2.45) is 0 Å². The van der Waals surface area contributed by atoms with E-state index < -0.39 is 0 Å². The fraction of sp³-hybridized carbons (Fsp3) is 1.00. The van der Waals surface area contributed by atoms with Crippen LogP contribution in [0, 0.1) is 0 Å². The molecule has 13 heavy (non-hydrogen) atoms. The van der Waals surface area contributed by atoms with E-state index in [0.717, 1.165) is 52.1 Å². The van der Waals surface area contributed by atoms with E-state index >= 15 is 0 Å². The van der Waals surface area contributed by atoms with Crippen molar-refractivity contribution in [3.05, 3.63) is 0 Å². The van der Waals surface area contributed by atoms with E-state index in [1.807, 2.05) is 0 Å². The number of epoxide rings is 1. The largest absolute Gasteiger partial charge is 0.381 e. The molecule has 0 N–H and O–H groups in total. The summed E-state index contributed by atoms with van der Waals surface area (Å²) in [6, 6.07) is 0. The molecule has 0 aromatic carbocycles. The Bertz CT molecular complexity index is 199. The lowest BCUT2D eigenvalue weighted by Gasteiger charge is -2.42. The molecule has 0 saturated carbocycles. The molecular weight excluding hydrogens is 168 g/mol. The van der Waals surface area contributed by atoms with Crippen molar-refractivity contribution in [1.29, 1.82) is 0 Å². The highest BCUT2D eigenvalue weighted by molar-refractivity contribution is 5.03. The first-order valence-corrected chi connectivity index (χ1v) is 5.18. The highest BCUT2D eigenvalue weighted by Gasteiger charge is 2.54. The monoisotopic (exact) mass is 184 g/mol. The van der Waals surface area contributed by atoms with E-state index in [0.29, 0.717) is 0 Å². The summed E-state index contributed by atoms with van der Waals surface area (Å²) in [5.41, 5.74) is 0.322. The summed E-state index contributed by atoms with van der Waals surface area (Å²) in [6.45, 7) is 3.55. The van der Waals surface area contributed by atoms with Gasteiger partial charge in [0.05, 0.1) is 24.4 Å². The lowest BCUT2D eigenvalue weighted by Crippen LogP contribution is -2.47. The predicted octanol–water partition coefficient (Wildman–Crippen LogP) is 1.11. The maximum absolute atomic E-state index is 5.92. The Morgan fingerprint density at radius 2 is 1.46 bits per heavy atom. The molecule has 2 spiro atoms. The van der Waals surface area contributed by atoms with Gasteiger partial charge in [0.1, 0.15) is 0 Å². The SMILES string of the molecule is C1CC2(CCO1)CC1(CCO2)CO1. The summed E-state index contributed by atoms with van der Waals surface area (Å²) < 4.78 is 16.8. The summed E-state index contributed by atoms with van der Waals surface area (Å²) >= 11 is 0. The van der Waals surface area contributed by atoms with Gasteiger partial charge in [-0.1, -0.05) is 0 Å². The van der Waals surface area contributed by atoms with Gasteiger partial charge in [0.25, 0.3) is 0 Å². The van der Waals surface area contributed by atoms with Gasteiger partial charge in [0, 0.05) is 26.1 Å². The van der Waals surface area contributed by atoms with Crippen molar-refractivity contribution in [1.82, 2.24) is 0 Å². The van der Waals surface area contributed by atoms with Crippen LogP contribution in [0.5, 0.6) is 0 Å². The first kappa shape index (κ1) is 8.21. The third-order valence-electron chi connectivity index (χ3n) is 3.57. The van der Waals surface area contributed by atoms with Crippen LogP contribution in [-0.4, -0.2) is 37.6 Å². The molecule has 3 nitrogen and oxygen atoms in total. The van der Waals surface area contributed by atoms with Crippen LogP contribution in [0.15, 0.2) is 0 Å². The van der Waals surface area contributed by atoms with Crippen molar-refractivity contribution in [3.63, 3.8) is 0 Å². The zero-order valence-corrected chi connectivity index (χ0v) is 7.88. The summed E-state index contributed by atoms with van der Waals surface area (Å²) in [4.78, 5) is 0. The molecule has 3 fully saturated rings. The van der Waals surface area contributed by atoms with Crippen LogP contribution in [0.25, 0.3) is 0 Å². The quantitative estimate of drug-likeness (QED) is 0.528. The Kier molecular flexibility index (Phi) is 1.70. The molecule has 3 aliphatic rings. The molecule has 3 rings (SSSR count). The molecule has 0 amide bonds. The lowest BCUT2D eigenvalue weighted by molar-refractivity contribution is -0.150. The summed E-state index contributed by atoms with van der Waals surface area (Å²) in [7, 11) is 0. The van der Waals surface area contributed by atoms with Crippen LogP contribution >= 0.6 is 0 Å². The number of hydrogen-bond donors (Lipinski definition) is 0. The molecule has 0 aromatic rings. The second-order valence-electron chi connectivity index (χ2n) is 4.54. The Hall–Kier alpha value is -0.120. The standard InChI is InChI=1S/C10H16O3/c1-4-11-5-2-9(1)7-10(8-13-10)3-6-12-9/h1-8H2. The second kappa shape index (κ2) is 2.69. The van der Waals surface area contributed by atoms with E-state index in [-0.39, 0.29) is 11.2 Å². The minimum absolute atomic E-state index is 0.104. The molecule has 74 valence electrons. The smallest absolute Gasteiger partial charge is 0.0965 e. The molecule has 1 atom stereocenters. The molecule has 0 bridgehead atoms. The van der Waals surface area contributed by atoms with Gasteiger partial charge < -0.3 is 14.2 Å². The molecule has 3 heterocycles. The van der Waals surface area contributed by atoms with Crippen LogP contribution in [0.3, 0.4) is 0 Å². The van der Waals surface area contributed by atoms with Crippen molar-refractivity contribution >= 4 is 0 Å². The molecule has 0 aliphatic carbocycles. The van der Waals surface area contributed by atoms with E-state index in [1.54, 1.807) is 0 Å². The van der Waals surface area contributed by atoms with Gasteiger partial charge in [-0.15, -0.1) is 0 Å². The third kappa shape index (κ3) is 1.39. The van der Waals surface area contributed by atoms with Gasteiger partial charge in [-0.25, -0.2) is 0 Å². The summed E-state index contributed by atoms with van der Waals surface area (Å²) in [5, 5.41) is 0. The number of ether oxygens (including phenoxy) is 3. The molecule has 3 aliphatic heterocycles. The van der Waals surface area contributed by atoms with Crippen molar-refractivity contribution in [2.45, 2.75) is 36.9 Å². The third-order valence-corrected chi connectivity index (χ3v) is 3.57. The van der Waals surface area contributed by atoms with Crippen LogP contribution in [0.1, 0.15) is 25.7 Å². The van der Waals surface area contributed by atoms with Crippen LogP contribution in [0.2, 0.25) is 0 Å². The topological polar surface area (TPSA) is 31.0 Å².